The highest BCUT2D eigenvalue weighted by molar-refractivity contribution is 7.99. The summed E-state index contributed by atoms with van der Waals surface area (Å²) in [4.78, 5) is 17.0. The second kappa shape index (κ2) is 10.1. The molecule has 7 heteroatoms. The van der Waals surface area contributed by atoms with Crippen LogP contribution in [0.15, 0.2) is 53.7 Å². The van der Waals surface area contributed by atoms with E-state index < -0.39 is 0 Å². The zero-order chi connectivity index (χ0) is 24.3. The fraction of sp³-hybridized carbons (Fsp3) is 0.407. The van der Waals surface area contributed by atoms with Crippen molar-refractivity contribution in [1.82, 2.24) is 25.1 Å². The first-order valence-electron chi connectivity index (χ1n) is 11.8. The van der Waals surface area contributed by atoms with Gasteiger partial charge in [0.2, 0.25) is 11.1 Å². The lowest BCUT2D eigenvalue weighted by atomic mass is 9.87. The lowest BCUT2D eigenvalue weighted by Gasteiger charge is -2.19. The number of amides is 1. The van der Waals surface area contributed by atoms with Gasteiger partial charge >= 0.3 is 0 Å². The third kappa shape index (κ3) is 5.58. The predicted molar refractivity (Wildman–Crippen MR) is 140 cm³/mol. The van der Waals surface area contributed by atoms with E-state index in [0.29, 0.717) is 24.2 Å². The maximum Gasteiger partial charge on any atom is 0.230 e. The molecule has 0 atom stereocenters. The molecule has 0 saturated carbocycles. The van der Waals surface area contributed by atoms with Gasteiger partial charge in [0.25, 0.3) is 0 Å². The number of para-hydroxylation sites is 1. The Hall–Kier alpha value is -2.93. The molecule has 2 heterocycles. The molecule has 2 aromatic carbocycles. The van der Waals surface area contributed by atoms with Crippen molar-refractivity contribution in [1.29, 1.82) is 0 Å². The number of hydrogen-bond acceptors (Lipinski definition) is 5. The summed E-state index contributed by atoms with van der Waals surface area (Å²) in [5, 5.41) is 13.3. The zero-order valence-electron chi connectivity index (χ0n) is 20.6. The predicted octanol–water partition coefficient (Wildman–Crippen LogP) is 5.58. The summed E-state index contributed by atoms with van der Waals surface area (Å²) in [6.07, 6.45) is 0.970. The van der Waals surface area contributed by atoms with E-state index in [4.69, 9.17) is 4.98 Å². The molecule has 0 aliphatic heterocycles. The average Bonchev–Trinajstić information content (AvgIpc) is 3.10. The Bertz CT molecular complexity index is 1290. The Morgan fingerprint density at radius 1 is 1.06 bits per heavy atom. The van der Waals surface area contributed by atoms with Crippen molar-refractivity contribution >= 4 is 39.7 Å². The summed E-state index contributed by atoms with van der Waals surface area (Å²) in [6, 6.07) is 17.0. The molecule has 34 heavy (non-hydrogen) atoms. The van der Waals surface area contributed by atoms with Crippen LogP contribution in [0.2, 0.25) is 0 Å². The molecule has 178 valence electrons. The fourth-order valence-electron chi connectivity index (χ4n) is 3.88. The quantitative estimate of drug-likeness (QED) is 0.337. The summed E-state index contributed by atoms with van der Waals surface area (Å²) in [5.74, 6) is 0.836. The van der Waals surface area contributed by atoms with E-state index in [1.54, 1.807) is 0 Å². The molecule has 0 bridgehead atoms. The largest absolute Gasteiger partial charge is 0.355 e. The first kappa shape index (κ1) is 24.2. The van der Waals surface area contributed by atoms with Crippen molar-refractivity contribution in [2.75, 3.05) is 12.3 Å². The number of benzene rings is 2. The van der Waals surface area contributed by atoms with Gasteiger partial charge in [0.05, 0.1) is 11.3 Å². The van der Waals surface area contributed by atoms with Crippen molar-refractivity contribution in [2.24, 2.45) is 5.92 Å². The number of thioether (sulfide) groups is 1. The first-order chi connectivity index (χ1) is 16.2. The Balaban J connectivity index is 1.59. The van der Waals surface area contributed by atoms with Crippen molar-refractivity contribution < 1.29 is 4.79 Å². The monoisotopic (exact) mass is 475 g/mol. The Kier molecular flexibility index (Phi) is 7.22. The van der Waals surface area contributed by atoms with Crippen LogP contribution in [0.25, 0.3) is 22.1 Å². The molecule has 0 saturated heterocycles. The number of hydrogen-bond donors (Lipinski definition) is 1. The van der Waals surface area contributed by atoms with Crippen LogP contribution in [-0.2, 0) is 16.8 Å². The topological polar surface area (TPSA) is 72.7 Å². The molecule has 6 nitrogen and oxygen atoms in total. The van der Waals surface area contributed by atoms with E-state index in [1.807, 2.05) is 12.1 Å². The number of fused-ring (bicyclic) bond motifs is 3. The van der Waals surface area contributed by atoms with Gasteiger partial charge in [-0.2, -0.15) is 0 Å². The molecule has 0 radical (unpaired) electrons. The minimum absolute atomic E-state index is 0.00571. The third-order valence-electron chi connectivity index (χ3n) is 5.89. The Morgan fingerprint density at radius 3 is 2.50 bits per heavy atom. The molecule has 1 amide bonds. The zero-order valence-corrected chi connectivity index (χ0v) is 21.4. The van der Waals surface area contributed by atoms with Crippen LogP contribution in [0.1, 0.15) is 52.2 Å². The van der Waals surface area contributed by atoms with Crippen LogP contribution < -0.4 is 5.32 Å². The second-order valence-electron chi connectivity index (χ2n) is 10.1. The molecule has 0 unspecified atom stereocenters. The van der Waals surface area contributed by atoms with E-state index in [-0.39, 0.29) is 17.1 Å². The van der Waals surface area contributed by atoms with Gasteiger partial charge in [0.15, 0.2) is 5.65 Å². The van der Waals surface area contributed by atoms with E-state index in [0.717, 1.165) is 28.5 Å². The molecular formula is C27H33N5OS. The minimum Gasteiger partial charge on any atom is -0.355 e. The van der Waals surface area contributed by atoms with E-state index in [9.17, 15) is 4.79 Å². The lowest BCUT2D eigenvalue weighted by Crippen LogP contribution is -2.27. The molecule has 0 spiro atoms. The molecule has 1 N–H and O–H groups in total. The van der Waals surface area contributed by atoms with Crippen molar-refractivity contribution in [3.05, 3.63) is 59.7 Å². The summed E-state index contributed by atoms with van der Waals surface area (Å²) >= 11 is 1.32. The molecule has 0 fully saturated rings. The molecular weight excluding hydrogens is 442 g/mol. The fourth-order valence-corrected chi connectivity index (χ4v) is 4.50. The molecule has 4 rings (SSSR count). The molecule has 0 aliphatic rings. The van der Waals surface area contributed by atoms with Crippen molar-refractivity contribution in [3.63, 3.8) is 0 Å². The number of rotatable bonds is 8. The van der Waals surface area contributed by atoms with Crippen LogP contribution in [0, 0.1) is 5.92 Å². The molecule has 2 aromatic heterocycles. The third-order valence-corrected chi connectivity index (χ3v) is 6.73. The standard InChI is InChI=1S/C27H33N5OS/c1-18(2)14-15-28-23(33)17-34-26-29-25-24(30-31-26)21-8-6-7-9-22(21)32(25)16-19-10-12-20(13-11-19)27(3,4)5/h6-13,18H,14-17H2,1-5H3,(H,28,33). The lowest BCUT2D eigenvalue weighted by molar-refractivity contribution is -0.118. The summed E-state index contributed by atoms with van der Waals surface area (Å²) < 4.78 is 2.19. The van der Waals surface area contributed by atoms with Crippen LogP contribution in [0.4, 0.5) is 0 Å². The number of carbonyl (C=O) groups excluding carboxylic acids is 1. The number of carbonyl (C=O) groups is 1. The van der Waals surface area contributed by atoms with Crippen LogP contribution in [0.3, 0.4) is 0 Å². The van der Waals surface area contributed by atoms with E-state index in [1.165, 1.54) is 22.9 Å². The number of nitrogens with one attached hydrogen (secondary N) is 1. The molecule has 4 aromatic rings. The van der Waals surface area contributed by atoms with E-state index >= 15 is 0 Å². The number of aromatic nitrogens is 4. The molecule has 0 aliphatic carbocycles. The first-order valence-corrected chi connectivity index (χ1v) is 12.8. The highest BCUT2D eigenvalue weighted by atomic mass is 32.2. The Morgan fingerprint density at radius 2 is 1.79 bits per heavy atom. The normalized spacial score (nSPS) is 12.1. The van der Waals surface area contributed by atoms with Gasteiger partial charge in [-0.15, -0.1) is 10.2 Å². The second-order valence-corrected chi connectivity index (χ2v) is 11.1. The van der Waals surface area contributed by atoms with Gasteiger partial charge in [-0.1, -0.05) is 88.8 Å². The van der Waals surface area contributed by atoms with Crippen LogP contribution >= 0.6 is 11.8 Å². The minimum atomic E-state index is -0.00571. The van der Waals surface area contributed by atoms with Gasteiger partial charge in [0, 0.05) is 18.5 Å². The maximum atomic E-state index is 12.2. The Labute approximate surface area is 205 Å². The SMILES string of the molecule is CC(C)CCNC(=O)CSc1nnc2c3ccccc3n(Cc3ccc(C(C)(C)C)cc3)c2n1. The van der Waals surface area contributed by atoms with Crippen molar-refractivity contribution in [3.8, 4) is 0 Å². The van der Waals surface area contributed by atoms with Gasteiger partial charge in [-0.3, -0.25) is 4.79 Å². The highest BCUT2D eigenvalue weighted by Gasteiger charge is 2.17. The summed E-state index contributed by atoms with van der Waals surface area (Å²) in [6.45, 7) is 12.3. The summed E-state index contributed by atoms with van der Waals surface area (Å²) in [5.41, 5.74) is 5.29. The van der Waals surface area contributed by atoms with Gasteiger partial charge in [-0.05, 0) is 34.9 Å². The van der Waals surface area contributed by atoms with Gasteiger partial charge < -0.3 is 9.88 Å². The smallest absolute Gasteiger partial charge is 0.230 e. The van der Waals surface area contributed by atoms with Crippen LogP contribution in [-0.4, -0.2) is 38.0 Å². The van der Waals surface area contributed by atoms with Gasteiger partial charge in [-0.25, -0.2) is 4.98 Å². The van der Waals surface area contributed by atoms with Crippen LogP contribution in [0.5, 0.6) is 0 Å². The summed E-state index contributed by atoms with van der Waals surface area (Å²) in [7, 11) is 0. The maximum absolute atomic E-state index is 12.2. The highest BCUT2D eigenvalue weighted by Crippen LogP contribution is 2.29. The van der Waals surface area contributed by atoms with Crippen molar-refractivity contribution in [2.45, 2.75) is 58.2 Å². The van der Waals surface area contributed by atoms with E-state index in [2.05, 4.69) is 91.1 Å². The number of nitrogens with zero attached hydrogens (tertiary/aromatic N) is 4. The van der Waals surface area contributed by atoms with Gasteiger partial charge in [0.1, 0.15) is 5.52 Å². The average molecular weight is 476 g/mol.